The SMILES string of the molecule is COCCN(CCCCNCC(C)C)C(C)C1CC1. The third-order valence-electron chi connectivity index (χ3n) is 4.06. The van der Waals surface area contributed by atoms with Gasteiger partial charge < -0.3 is 10.1 Å². The van der Waals surface area contributed by atoms with Crippen molar-refractivity contribution in [2.75, 3.05) is 39.9 Å². The number of ether oxygens (including phenoxy) is 1. The van der Waals surface area contributed by atoms with Crippen molar-refractivity contribution < 1.29 is 4.74 Å². The van der Waals surface area contributed by atoms with Crippen LogP contribution in [0.5, 0.6) is 0 Å². The van der Waals surface area contributed by atoms with Crippen LogP contribution in [-0.4, -0.2) is 50.8 Å². The van der Waals surface area contributed by atoms with E-state index in [-0.39, 0.29) is 0 Å². The summed E-state index contributed by atoms with van der Waals surface area (Å²) in [6.45, 7) is 12.4. The summed E-state index contributed by atoms with van der Waals surface area (Å²) in [4.78, 5) is 2.63. The van der Waals surface area contributed by atoms with Crippen LogP contribution in [0.25, 0.3) is 0 Å². The Hall–Kier alpha value is -0.120. The van der Waals surface area contributed by atoms with Gasteiger partial charge in [0.2, 0.25) is 0 Å². The molecular weight excluding hydrogens is 236 g/mol. The highest BCUT2D eigenvalue weighted by Gasteiger charge is 2.31. The predicted octanol–water partition coefficient (Wildman–Crippen LogP) is 2.76. The highest BCUT2D eigenvalue weighted by molar-refractivity contribution is 4.85. The molecule has 0 spiro atoms. The molecule has 1 N–H and O–H groups in total. The van der Waals surface area contributed by atoms with Gasteiger partial charge in [-0.15, -0.1) is 0 Å². The van der Waals surface area contributed by atoms with Crippen molar-refractivity contribution in [1.29, 1.82) is 0 Å². The summed E-state index contributed by atoms with van der Waals surface area (Å²) >= 11 is 0. The number of nitrogens with zero attached hydrogens (tertiary/aromatic N) is 1. The van der Waals surface area contributed by atoms with E-state index in [0.717, 1.165) is 44.1 Å². The highest BCUT2D eigenvalue weighted by Crippen LogP contribution is 2.35. The van der Waals surface area contributed by atoms with Crippen LogP contribution in [-0.2, 0) is 4.74 Å². The molecule has 0 bridgehead atoms. The van der Waals surface area contributed by atoms with Gasteiger partial charge in [0.1, 0.15) is 0 Å². The summed E-state index contributed by atoms with van der Waals surface area (Å²) in [7, 11) is 1.80. The molecule has 0 saturated heterocycles. The van der Waals surface area contributed by atoms with Crippen molar-refractivity contribution in [3.63, 3.8) is 0 Å². The Balaban J connectivity index is 2.09. The first-order chi connectivity index (χ1) is 9.15. The molecule has 3 heteroatoms. The van der Waals surface area contributed by atoms with Gasteiger partial charge in [-0.05, 0) is 64.1 Å². The second kappa shape index (κ2) is 9.73. The van der Waals surface area contributed by atoms with Gasteiger partial charge in [0.15, 0.2) is 0 Å². The molecule has 0 aliphatic heterocycles. The minimum absolute atomic E-state index is 0.749. The largest absolute Gasteiger partial charge is 0.383 e. The lowest BCUT2D eigenvalue weighted by atomic mass is 10.1. The van der Waals surface area contributed by atoms with Crippen molar-refractivity contribution in [2.45, 2.75) is 52.5 Å². The normalized spacial score (nSPS) is 17.4. The minimum atomic E-state index is 0.749. The van der Waals surface area contributed by atoms with Crippen molar-refractivity contribution in [2.24, 2.45) is 11.8 Å². The molecular formula is C16H34N2O. The van der Waals surface area contributed by atoms with Gasteiger partial charge in [-0.1, -0.05) is 13.8 Å². The van der Waals surface area contributed by atoms with Crippen molar-refractivity contribution in [3.05, 3.63) is 0 Å². The molecule has 0 aromatic rings. The first kappa shape index (κ1) is 16.9. The molecule has 1 aliphatic carbocycles. The average Bonchev–Trinajstić information content (AvgIpc) is 3.20. The smallest absolute Gasteiger partial charge is 0.0589 e. The van der Waals surface area contributed by atoms with E-state index in [2.05, 4.69) is 31.0 Å². The van der Waals surface area contributed by atoms with E-state index in [9.17, 15) is 0 Å². The molecule has 1 aliphatic rings. The lowest BCUT2D eigenvalue weighted by Gasteiger charge is -2.29. The van der Waals surface area contributed by atoms with Crippen LogP contribution in [0.15, 0.2) is 0 Å². The number of hydrogen-bond acceptors (Lipinski definition) is 3. The Morgan fingerprint density at radius 3 is 2.47 bits per heavy atom. The van der Waals surface area contributed by atoms with Crippen LogP contribution in [0.1, 0.15) is 46.5 Å². The molecule has 0 heterocycles. The quantitative estimate of drug-likeness (QED) is 0.552. The maximum absolute atomic E-state index is 5.24. The van der Waals surface area contributed by atoms with Crippen molar-refractivity contribution in [3.8, 4) is 0 Å². The van der Waals surface area contributed by atoms with E-state index in [1.165, 1.54) is 32.2 Å². The molecule has 1 atom stereocenters. The zero-order valence-corrected chi connectivity index (χ0v) is 13.5. The van der Waals surface area contributed by atoms with Gasteiger partial charge in [0.25, 0.3) is 0 Å². The lowest BCUT2D eigenvalue weighted by Crippen LogP contribution is -2.38. The maximum atomic E-state index is 5.24. The average molecular weight is 270 g/mol. The molecule has 0 radical (unpaired) electrons. The summed E-state index contributed by atoms with van der Waals surface area (Å²) in [6, 6.07) is 0.749. The maximum Gasteiger partial charge on any atom is 0.0589 e. The van der Waals surface area contributed by atoms with Crippen LogP contribution in [0.4, 0.5) is 0 Å². The zero-order valence-electron chi connectivity index (χ0n) is 13.5. The topological polar surface area (TPSA) is 24.5 Å². The van der Waals surface area contributed by atoms with Crippen LogP contribution < -0.4 is 5.32 Å². The molecule has 1 rings (SSSR count). The summed E-state index contributed by atoms with van der Waals surface area (Å²) in [6.07, 6.45) is 5.45. The van der Waals surface area contributed by atoms with E-state index in [1.807, 2.05) is 0 Å². The molecule has 0 amide bonds. The standard InChI is InChI=1S/C16H34N2O/c1-14(2)13-17-9-5-6-10-18(11-12-19-4)15(3)16-7-8-16/h14-17H,5-13H2,1-4H3. The first-order valence-corrected chi connectivity index (χ1v) is 8.08. The fourth-order valence-electron chi connectivity index (χ4n) is 2.56. The van der Waals surface area contributed by atoms with Crippen LogP contribution >= 0.6 is 0 Å². The molecule has 1 unspecified atom stereocenters. The van der Waals surface area contributed by atoms with Crippen LogP contribution in [0.2, 0.25) is 0 Å². The summed E-state index contributed by atoms with van der Waals surface area (Å²) in [5.74, 6) is 1.71. The third kappa shape index (κ3) is 7.91. The van der Waals surface area contributed by atoms with Gasteiger partial charge in [0.05, 0.1) is 6.61 Å². The number of nitrogens with one attached hydrogen (secondary N) is 1. The lowest BCUT2D eigenvalue weighted by molar-refractivity contribution is 0.115. The second-order valence-electron chi connectivity index (χ2n) is 6.41. The molecule has 0 aromatic heterocycles. The second-order valence-corrected chi connectivity index (χ2v) is 6.41. The Bertz CT molecular complexity index is 217. The Morgan fingerprint density at radius 1 is 1.16 bits per heavy atom. The zero-order chi connectivity index (χ0) is 14.1. The number of unbranched alkanes of at least 4 members (excludes halogenated alkanes) is 1. The monoisotopic (exact) mass is 270 g/mol. The predicted molar refractivity (Wildman–Crippen MR) is 82.6 cm³/mol. The third-order valence-corrected chi connectivity index (χ3v) is 4.06. The van der Waals surface area contributed by atoms with E-state index < -0.39 is 0 Å². The van der Waals surface area contributed by atoms with Crippen molar-refractivity contribution >= 4 is 0 Å². The number of methoxy groups -OCH3 is 1. The molecule has 19 heavy (non-hydrogen) atoms. The molecule has 1 saturated carbocycles. The highest BCUT2D eigenvalue weighted by atomic mass is 16.5. The summed E-state index contributed by atoms with van der Waals surface area (Å²) < 4.78 is 5.24. The minimum Gasteiger partial charge on any atom is -0.383 e. The summed E-state index contributed by atoms with van der Waals surface area (Å²) in [5, 5.41) is 3.52. The summed E-state index contributed by atoms with van der Waals surface area (Å²) in [5.41, 5.74) is 0. The molecule has 3 nitrogen and oxygen atoms in total. The molecule has 114 valence electrons. The van der Waals surface area contributed by atoms with Gasteiger partial charge in [-0.25, -0.2) is 0 Å². The van der Waals surface area contributed by atoms with Crippen LogP contribution in [0.3, 0.4) is 0 Å². The van der Waals surface area contributed by atoms with Gasteiger partial charge in [-0.3, -0.25) is 4.90 Å². The van der Waals surface area contributed by atoms with E-state index in [4.69, 9.17) is 4.74 Å². The molecule has 1 fully saturated rings. The van der Waals surface area contributed by atoms with Gasteiger partial charge >= 0.3 is 0 Å². The number of hydrogen-bond donors (Lipinski definition) is 1. The molecule has 0 aromatic carbocycles. The fraction of sp³-hybridized carbons (Fsp3) is 1.00. The Kier molecular flexibility index (Phi) is 8.67. The van der Waals surface area contributed by atoms with E-state index >= 15 is 0 Å². The van der Waals surface area contributed by atoms with Gasteiger partial charge in [-0.2, -0.15) is 0 Å². The Labute approximate surface area is 120 Å². The van der Waals surface area contributed by atoms with Crippen molar-refractivity contribution in [1.82, 2.24) is 10.2 Å². The van der Waals surface area contributed by atoms with Gasteiger partial charge in [0, 0.05) is 19.7 Å². The van der Waals surface area contributed by atoms with E-state index in [1.54, 1.807) is 7.11 Å². The fourth-order valence-corrected chi connectivity index (χ4v) is 2.56. The Morgan fingerprint density at radius 2 is 1.89 bits per heavy atom. The first-order valence-electron chi connectivity index (χ1n) is 8.08. The van der Waals surface area contributed by atoms with Crippen LogP contribution in [0, 0.1) is 11.8 Å². The number of rotatable bonds is 12. The van der Waals surface area contributed by atoms with E-state index in [0.29, 0.717) is 0 Å².